The Labute approximate surface area is 149 Å². The summed E-state index contributed by atoms with van der Waals surface area (Å²) in [7, 11) is 0. The van der Waals surface area contributed by atoms with Crippen molar-refractivity contribution in [2.24, 2.45) is 4.99 Å². The first-order valence-corrected chi connectivity index (χ1v) is 7.34. The molecule has 134 valence electrons. The fourth-order valence-electron chi connectivity index (χ4n) is 2.38. The van der Waals surface area contributed by atoms with Crippen molar-refractivity contribution in [1.82, 2.24) is 0 Å². The van der Waals surface area contributed by atoms with Gasteiger partial charge in [-0.1, -0.05) is 24.3 Å². The van der Waals surface area contributed by atoms with E-state index in [1.165, 1.54) is 12.1 Å². The lowest BCUT2D eigenvalue weighted by Gasteiger charge is -2.18. The SMILES string of the molecule is N#CC(c1cccc(C(F)(F)F)c1)c1ccc(N=C=S)cc1C(F)(F)F. The summed E-state index contributed by atoms with van der Waals surface area (Å²) in [5.41, 5.74) is -3.02. The molecule has 0 aliphatic heterocycles. The number of rotatable bonds is 3. The average molecular weight is 386 g/mol. The quantitative estimate of drug-likeness (QED) is 0.362. The third-order valence-electron chi connectivity index (χ3n) is 3.50. The lowest BCUT2D eigenvalue weighted by atomic mass is 9.88. The summed E-state index contributed by atoms with van der Waals surface area (Å²) in [6.07, 6.45) is -9.51. The molecule has 0 bridgehead atoms. The predicted molar refractivity (Wildman–Crippen MR) is 85.0 cm³/mol. The van der Waals surface area contributed by atoms with Gasteiger partial charge in [-0.3, -0.25) is 0 Å². The number of nitriles is 1. The van der Waals surface area contributed by atoms with Crippen LogP contribution in [-0.2, 0) is 12.4 Å². The van der Waals surface area contributed by atoms with Crippen LogP contribution in [0.4, 0.5) is 32.0 Å². The van der Waals surface area contributed by atoms with Gasteiger partial charge in [0.15, 0.2) is 0 Å². The molecule has 0 spiro atoms. The molecule has 0 radical (unpaired) electrons. The third-order valence-corrected chi connectivity index (χ3v) is 3.60. The van der Waals surface area contributed by atoms with Crippen LogP contribution in [-0.4, -0.2) is 5.16 Å². The van der Waals surface area contributed by atoms with Crippen LogP contribution in [0.3, 0.4) is 0 Å². The van der Waals surface area contributed by atoms with Crippen LogP contribution in [0.5, 0.6) is 0 Å². The van der Waals surface area contributed by atoms with E-state index < -0.39 is 35.0 Å². The van der Waals surface area contributed by atoms with Crippen LogP contribution < -0.4 is 0 Å². The average Bonchev–Trinajstić information content (AvgIpc) is 2.55. The number of hydrogen-bond acceptors (Lipinski definition) is 3. The van der Waals surface area contributed by atoms with E-state index >= 15 is 0 Å². The Morgan fingerprint density at radius 3 is 2.19 bits per heavy atom. The Morgan fingerprint density at radius 1 is 0.962 bits per heavy atom. The smallest absolute Gasteiger partial charge is 0.197 e. The molecule has 0 aliphatic rings. The summed E-state index contributed by atoms with van der Waals surface area (Å²) in [5, 5.41) is 11.3. The largest absolute Gasteiger partial charge is 0.416 e. The van der Waals surface area contributed by atoms with Crippen molar-refractivity contribution < 1.29 is 26.3 Å². The minimum atomic E-state index is -4.83. The fraction of sp³-hybridized carbons (Fsp3) is 0.176. The number of hydrogen-bond donors (Lipinski definition) is 0. The van der Waals surface area contributed by atoms with Gasteiger partial charge in [0.2, 0.25) is 0 Å². The molecule has 0 fully saturated rings. The zero-order valence-corrected chi connectivity index (χ0v) is 13.5. The Morgan fingerprint density at radius 2 is 1.65 bits per heavy atom. The number of isothiocyanates is 1. The van der Waals surface area contributed by atoms with Gasteiger partial charge in [0.25, 0.3) is 0 Å². The molecule has 0 aliphatic carbocycles. The topological polar surface area (TPSA) is 36.1 Å². The highest BCUT2D eigenvalue weighted by molar-refractivity contribution is 7.78. The lowest BCUT2D eigenvalue weighted by molar-refractivity contribution is -0.139. The summed E-state index contributed by atoms with van der Waals surface area (Å²) < 4.78 is 78.7. The molecular formula is C17H8F6N2S. The molecule has 0 amide bonds. The first-order chi connectivity index (χ1) is 12.1. The van der Waals surface area contributed by atoms with Crippen molar-refractivity contribution >= 4 is 23.1 Å². The van der Waals surface area contributed by atoms with E-state index in [1.54, 1.807) is 6.07 Å². The first-order valence-electron chi connectivity index (χ1n) is 6.93. The highest BCUT2D eigenvalue weighted by atomic mass is 32.1. The van der Waals surface area contributed by atoms with E-state index in [0.717, 1.165) is 18.2 Å². The molecule has 2 aromatic rings. The molecular weight excluding hydrogens is 378 g/mol. The van der Waals surface area contributed by atoms with Gasteiger partial charge in [0.1, 0.15) is 0 Å². The number of halogens is 6. The van der Waals surface area contributed by atoms with Crippen LogP contribution in [0.2, 0.25) is 0 Å². The second kappa shape index (κ2) is 7.28. The van der Waals surface area contributed by atoms with Crippen molar-refractivity contribution in [3.63, 3.8) is 0 Å². The number of thiocarbonyl (C=S) groups is 1. The summed E-state index contributed by atoms with van der Waals surface area (Å²) in [6.45, 7) is 0. The monoisotopic (exact) mass is 386 g/mol. The standard InChI is InChI=1S/C17H8F6N2S/c18-16(19,20)11-3-1-2-10(6-11)14(8-24)13-5-4-12(25-9-26)7-15(13)17(21,22)23/h1-7,14H. The summed E-state index contributed by atoms with van der Waals surface area (Å²) in [5.74, 6) is -1.54. The molecule has 0 saturated carbocycles. The van der Waals surface area contributed by atoms with E-state index in [4.69, 9.17) is 0 Å². The summed E-state index contributed by atoms with van der Waals surface area (Å²) in [6, 6.07) is 8.16. The maximum Gasteiger partial charge on any atom is 0.416 e. The number of benzene rings is 2. The van der Waals surface area contributed by atoms with Gasteiger partial charge in [-0.05, 0) is 41.5 Å². The van der Waals surface area contributed by atoms with Crippen molar-refractivity contribution in [3.05, 3.63) is 64.7 Å². The van der Waals surface area contributed by atoms with Gasteiger partial charge < -0.3 is 0 Å². The van der Waals surface area contributed by atoms with Gasteiger partial charge in [0, 0.05) is 0 Å². The maximum atomic E-state index is 13.4. The minimum Gasteiger partial charge on any atom is -0.197 e. The molecule has 9 heteroatoms. The van der Waals surface area contributed by atoms with E-state index in [9.17, 15) is 31.6 Å². The van der Waals surface area contributed by atoms with Crippen LogP contribution >= 0.6 is 12.2 Å². The highest BCUT2D eigenvalue weighted by Gasteiger charge is 2.37. The molecule has 1 unspecified atom stereocenters. The van der Waals surface area contributed by atoms with Gasteiger partial charge in [-0.2, -0.15) is 36.6 Å². The molecule has 26 heavy (non-hydrogen) atoms. The Balaban J connectivity index is 2.65. The molecule has 0 aromatic heterocycles. The fourth-order valence-corrected chi connectivity index (χ4v) is 2.49. The second-order valence-corrected chi connectivity index (χ2v) is 5.34. The van der Waals surface area contributed by atoms with Crippen LogP contribution in [0, 0.1) is 11.3 Å². The Kier molecular flexibility index (Phi) is 5.50. The summed E-state index contributed by atoms with van der Waals surface area (Å²) in [4.78, 5) is 3.46. The van der Waals surface area contributed by atoms with Crippen LogP contribution in [0.1, 0.15) is 28.2 Å². The van der Waals surface area contributed by atoms with Crippen molar-refractivity contribution in [2.75, 3.05) is 0 Å². The molecule has 1 atom stereocenters. The van der Waals surface area contributed by atoms with Crippen LogP contribution in [0.15, 0.2) is 47.5 Å². The highest BCUT2D eigenvalue weighted by Crippen LogP contribution is 2.40. The number of aliphatic imine (C=N–C) groups is 1. The molecule has 2 nitrogen and oxygen atoms in total. The normalized spacial score (nSPS) is 12.8. The third kappa shape index (κ3) is 4.28. The van der Waals surface area contributed by atoms with Crippen molar-refractivity contribution in [1.29, 1.82) is 5.26 Å². The number of nitrogens with zero attached hydrogens (tertiary/aromatic N) is 2. The van der Waals surface area contributed by atoms with E-state index in [0.29, 0.717) is 12.1 Å². The molecule has 0 heterocycles. The van der Waals surface area contributed by atoms with Crippen molar-refractivity contribution in [3.8, 4) is 6.07 Å². The minimum absolute atomic E-state index is 0.128. The Hall–Kier alpha value is -2.69. The second-order valence-electron chi connectivity index (χ2n) is 5.16. The van der Waals surface area contributed by atoms with E-state index in [1.807, 2.05) is 5.16 Å². The summed E-state index contributed by atoms with van der Waals surface area (Å²) >= 11 is 4.35. The first kappa shape index (κ1) is 19.6. The maximum absolute atomic E-state index is 13.4. The molecule has 0 saturated heterocycles. The van der Waals surface area contributed by atoms with Crippen molar-refractivity contribution in [2.45, 2.75) is 18.3 Å². The van der Waals surface area contributed by atoms with Gasteiger partial charge in [0.05, 0.1) is 34.0 Å². The predicted octanol–water partition coefficient (Wildman–Crippen LogP) is 6.11. The number of alkyl halides is 6. The van der Waals surface area contributed by atoms with E-state index in [2.05, 4.69) is 17.2 Å². The van der Waals surface area contributed by atoms with Gasteiger partial charge >= 0.3 is 12.4 Å². The molecule has 2 aromatic carbocycles. The van der Waals surface area contributed by atoms with E-state index in [-0.39, 0.29) is 11.3 Å². The van der Waals surface area contributed by atoms with Gasteiger partial charge in [-0.25, -0.2) is 0 Å². The molecule has 2 rings (SSSR count). The lowest BCUT2D eigenvalue weighted by Crippen LogP contribution is -2.13. The van der Waals surface area contributed by atoms with Gasteiger partial charge in [-0.15, -0.1) is 0 Å². The zero-order valence-electron chi connectivity index (χ0n) is 12.7. The molecule has 0 N–H and O–H groups in total. The Bertz CT molecular complexity index is 905. The van der Waals surface area contributed by atoms with Crippen LogP contribution in [0.25, 0.3) is 0 Å². The zero-order chi connectivity index (χ0) is 19.5.